The van der Waals surface area contributed by atoms with Gasteiger partial charge in [-0.2, -0.15) is 0 Å². The van der Waals surface area contributed by atoms with Crippen LogP contribution < -0.4 is 5.73 Å². The van der Waals surface area contributed by atoms with Crippen molar-refractivity contribution in [2.75, 3.05) is 19.6 Å². The first-order valence-corrected chi connectivity index (χ1v) is 15.8. The van der Waals surface area contributed by atoms with Crippen LogP contribution in [0.15, 0.2) is 61.2 Å². The van der Waals surface area contributed by atoms with Crippen LogP contribution in [0.5, 0.6) is 0 Å². The molecule has 3 nitrogen and oxygen atoms in total. The van der Waals surface area contributed by atoms with E-state index in [4.69, 9.17) is 17.3 Å². The number of carbonyl (C=O) groups is 1. The summed E-state index contributed by atoms with van der Waals surface area (Å²) in [5.74, 6) is -2.24. The number of hydrogen-bond donors (Lipinski definition) is 1. The van der Waals surface area contributed by atoms with Gasteiger partial charge in [0.05, 0.1) is 0 Å². The maximum atomic E-state index is 11.3. The van der Waals surface area contributed by atoms with Gasteiger partial charge in [0.25, 0.3) is 5.92 Å². The Hall–Kier alpha value is -2.24. The lowest BCUT2D eigenvalue weighted by atomic mass is 9.95. The Kier molecular flexibility index (Phi) is 19.3. The monoisotopic (exact) mass is 590 g/mol. The van der Waals surface area contributed by atoms with Crippen LogP contribution >= 0.6 is 11.6 Å². The predicted octanol–water partition coefficient (Wildman–Crippen LogP) is 9.76. The van der Waals surface area contributed by atoms with Gasteiger partial charge < -0.3 is 10.6 Å². The molecule has 1 saturated heterocycles. The third kappa shape index (κ3) is 19.5. The molecule has 0 radical (unpaired) electrons. The molecule has 1 heterocycles. The highest BCUT2D eigenvalue weighted by molar-refractivity contribution is 6.30. The van der Waals surface area contributed by atoms with E-state index < -0.39 is 5.92 Å². The Balaban J connectivity index is 0.000000373. The molecule has 41 heavy (non-hydrogen) atoms. The lowest BCUT2D eigenvalue weighted by Gasteiger charge is -2.18. The number of unbranched alkanes of at least 4 members (excludes halogenated alkanes) is 4. The number of allylic oxidation sites excluding steroid dienone is 1. The molecule has 0 unspecified atom stereocenters. The zero-order valence-electron chi connectivity index (χ0n) is 25.7. The van der Waals surface area contributed by atoms with Crippen LogP contribution in [0, 0.1) is 0 Å². The zero-order valence-corrected chi connectivity index (χ0v) is 26.4. The van der Waals surface area contributed by atoms with E-state index in [0.29, 0.717) is 18.4 Å². The second-order valence-electron chi connectivity index (χ2n) is 11.3. The van der Waals surface area contributed by atoms with Gasteiger partial charge in [0.15, 0.2) is 0 Å². The molecule has 6 heteroatoms. The number of nitrogens with zero attached hydrogens (tertiary/aromatic N) is 1. The molecule has 230 valence electrons. The van der Waals surface area contributed by atoms with E-state index in [1.807, 2.05) is 24.3 Å². The predicted molar refractivity (Wildman–Crippen MR) is 172 cm³/mol. The molecular formula is C35H53ClF2N2O. The van der Waals surface area contributed by atoms with Crippen molar-refractivity contribution in [3.05, 3.63) is 82.9 Å². The van der Waals surface area contributed by atoms with Gasteiger partial charge in [0.1, 0.15) is 0 Å². The van der Waals surface area contributed by atoms with Gasteiger partial charge >= 0.3 is 0 Å². The molecule has 0 bridgehead atoms. The van der Waals surface area contributed by atoms with Crippen LogP contribution in [-0.2, 0) is 17.6 Å². The molecule has 3 rings (SSSR count). The van der Waals surface area contributed by atoms with E-state index in [1.165, 1.54) is 94.1 Å². The Morgan fingerprint density at radius 2 is 1.49 bits per heavy atom. The van der Waals surface area contributed by atoms with E-state index in [1.54, 1.807) is 0 Å². The van der Waals surface area contributed by atoms with Crippen molar-refractivity contribution in [3.8, 4) is 0 Å². The van der Waals surface area contributed by atoms with Gasteiger partial charge in [-0.15, -0.1) is 0 Å². The number of alkyl halides is 2. The number of benzene rings is 2. The number of amides is 1. The van der Waals surface area contributed by atoms with Crippen molar-refractivity contribution in [1.29, 1.82) is 0 Å². The smallest absolute Gasteiger partial charge is 0.263 e. The largest absolute Gasteiger partial charge is 0.370 e. The molecule has 1 aliphatic rings. The van der Waals surface area contributed by atoms with E-state index in [-0.39, 0.29) is 5.91 Å². The van der Waals surface area contributed by atoms with Gasteiger partial charge in [0, 0.05) is 18.4 Å². The fourth-order valence-corrected chi connectivity index (χ4v) is 4.74. The molecule has 0 aliphatic carbocycles. The number of hydrogen-bond acceptors (Lipinski definition) is 2. The average molecular weight is 591 g/mol. The lowest BCUT2D eigenvalue weighted by Crippen LogP contribution is -2.21. The molecule has 2 aromatic rings. The molecular weight excluding hydrogens is 538 g/mol. The number of likely N-dealkylation sites (tertiary alicyclic amines) is 1. The van der Waals surface area contributed by atoms with Crippen molar-refractivity contribution < 1.29 is 13.6 Å². The highest BCUT2D eigenvalue weighted by Crippen LogP contribution is 2.22. The van der Waals surface area contributed by atoms with Crippen molar-refractivity contribution >= 4 is 17.5 Å². The number of carbonyl (C=O) groups excluding carboxylic acids is 1. The lowest BCUT2D eigenvalue weighted by molar-refractivity contribution is -0.118. The van der Waals surface area contributed by atoms with Crippen LogP contribution in [0.25, 0.3) is 0 Å². The summed E-state index contributed by atoms with van der Waals surface area (Å²) in [7, 11) is 0. The Morgan fingerprint density at radius 1 is 0.976 bits per heavy atom. The van der Waals surface area contributed by atoms with Gasteiger partial charge in [-0.25, -0.2) is 8.78 Å². The number of rotatable bonds is 15. The third-order valence-corrected chi connectivity index (χ3v) is 7.61. The van der Waals surface area contributed by atoms with Gasteiger partial charge in [-0.05, 0) is 105 Å². The number of aryl methyl sites for hydroxylation is 2. The fourth-order valence-electron chi connectivity index (χ4n) is 4.61. The van der Waals surface area contributed by atoms with Crippen molar-refractivity contribution in [1.82, 2.24) is 4.90 Å². The Bertz CT molecular complexity index is 952. The average Bonchev–Trinajstić information content (AvgIpc) is 3.47. The summed E-state index contributed by atoms with van der Waals surface area (Å²) in [6.07, 6.45) is 15.0. The third-order valence-electron chi connectivity index (χ3n) is 7.36. The minimum Gasteiger partial charge on any atom is -0.370 e. The SMILES string of the molecule is C=CC(C)(F)F.CCCCCCCc1ccc([C@@H](C)CCN2CCCC2)cc1.NC(=O)CCCc1ccc(Cl)cc1. The first-order valence-electron chi connectivity index (χ1n) is 15.4. The van der Waals surface area contributed by atoms with Crippen molar-refractivity contribution in [3.63, 3.8) is 0 Å². The van der Waals surface area contributed by atoms with Crippen LogP contribution in [-0.4, -0.2) is 36.4 Å². The second-order valence-corrected chi connectivity index (χ2v) is 11.7. The van der Waals surface area contributed by atoms with Crippen LogP contribution in [0.4, 0.5) is 8.78 Å². The number of halogens is 3. The van der Waals surface area contributed by atoms with Gasteiger partial charge in [-0.1, -0.05) is 94.1 Å². The Labute approximate surface area is 253 Å². The summed E-state index contributed by atoms with van der Waals surface area (Å²) in [4.78, 5) is 13.1. The minimum atomic E-state index is -2.69. The highest BCUT2D eigenvalue weighted by atomic mass is 35.5. The van der Waals surface area contributed by atoms with E-state index in [0.717, 1.165) is 24.8 Å². The van der Waals surface area contributed by atoms with E-state index in [2.05, 4.69) is 49.6 Å². The second kappa shape index (κ2) is 21.5. The molecule has 0 aromatic heterocycles. The van der Waals surface area contributed by atoms with E-state index >= 15 is 0 Å². The minimum absolute atomic E-state index is 0.242. The number of nitrogens with two attached hydrogens (primary N) is 1. The first-order chi connectivity index (χ1) is 19.5. The fraction of sp³-hybridized carbons (Fsp3) is 0.571. The maximum Gasteiger partial charge on any atom is 0.263 e. The molecule has 0 spiro atoms. The summed E-state index contributed by atoms with van der Waals surface area (Å²) >= 11 is 5.72. The van der Waals surface area contributed by atoms with Crippen LogP contribution in [0.1, 0.15) is 108 Å². The standard InChI is InChI=1S/C21H35N.C10H12ClNO.C4H6F2/c1-3-4-5-6-7-10-20-11-13-21(14-12-20)19(2)15-18-22-16-8-9-17-22;11-9-6-4-8(5-7-9)2-1-3-10(12)13;1-3-4(2,5)6/h11-14,19H,3-10,15-18H2,1-2H3;4-7H,1-3H2,(H2,12,13);3H,1H2,2H3/t19-;;/m0../s1. The summed E-state index contributed by atoms with van der Waals surface area (Å²) in [6.45, 7) is 12.3. The maximum absolute atomic E-state index is 11.3. The molecule has 2 N–H and O–H groups in total. The zero-order chi connectivity index (χ0) is 30.5. The summed E-state index contributed by atoms with van der Waals surface area (Å²) in [5.41, 5.74) is 9.25. The van der Waals surface area contributed by atoms with Crippen molar-refractivity contribution in [2.24, 2.45) is 5.73 Å². The van der Waals surface area contributed by atoms with Crippen LogP contribution in [0.3, 0.4) is 0 Å². The topological polar surface area (TPSA) is 46.3 Å². The normalized spacial score (nSPS) is 13.9. The first kappa shape index (κ1) is 36.8. The molecule has 2 aromatic carbocycles. The Morgan fingerprint density at radius 3 is 2.00 bits per heavy atom. The molecule has 1 amide bonds. The van der Waals surface area contributed by atoms with Gasteiger partial charge in [0.2, 0.25) is 5.91 Å². The van der Waals surface area contributed by atoms with Crippen LogP contribution in [0.2, 0.25) is 5.02 Å². The summed E-state index contributed by atoms with van der Waals surface area (Å²) < 4.78 is 22.7. The molecule has 0 saturated carbocycles. The highest BCUT2D eigenvalue weighted by Gasteiger charge is 2.14. The van der Waals surface area contributed by atoms with Crippen molar-refractivity contribution in [2.45, 2.75) is 110 Å². The van der Waals surface area contributed by atoms with Gasteiger partial charge in [-0.3, -0.25) is 4.79 Å². The molecule has 1 fully saturated rings. The molecule has 1 atom stereocenters. The summed E-state index contributed by atoms with van der Waals surface area (Å²) in [5, 5.41) is 0.735. The van der Waals surface area contributed by atoms with E-state index in [9.17, 15) is 13.6 Å². The number of primary amides is 1. The molecule has 1 aliphatic heterocycles. The summed E-state index contributed by atoms with van der Waals surface area (Å²) in [6, 6.07) is 17.1. The quantitative estimate of drug-likeness (QED) is 0.166.